The Morgan fingerprint density at radius 3 is 2.71 bits per heavy atom. The summed E-state index contributed by atoms with van der Waals surface area (Å²) in [5.74, 6) is -0.768. The SMILES string of the molecule is COc1cccc(C(=O)COC(=O)c2ccc(Cl)c(S(=O)(=O)NCC3CCCO3)c2)c1. The van der Waals surface area contributed by atoms with Crippen LogP contribution in [0.15, 0.2) is 47.4 Å². The number of methoxy groups -OCH3 is 1. The van der Waals surface area contributed by atoms with E-state index in [0.29, 0.717) is 17.9 Å². The summed E-state index contributed by atoms with van der Waals surface area (Å²) in [6.07, 6.45) is 1.46. The number of Topliss-reactive ketones (excluding diaryl/α,β-unsaturated/α-hetero) is 1. The Morgan fingerprint density at radius 1 is 1.19 bits per heavy atom. The van der Waals surface area contributed by atoms with Crippen LogP contribution in [0.2, 0.25) is 5.02 Å². The summed E-state index contributed by atoms with van der Waals surface area (Å²) in [6.45, 7) is 0.208. The number of hydrogen-bond acceptors (Lipinski definition) is 7. The van der Waals surface area contributed by atoms with Gasteiger partial charge in [0.05, 0.1) is 23.8 Å². The Labute approximate surface area is 185 Å². The first kappa shape index (κ1) is 23.2. The zero-order chi connectivity index (χ0) is 22.4. The van der Waals surface area contributed by atoms with E-state index in [1.54, 1.807) is 18.2 Å². The lowest BCUT2D eigenvalue weighted by atomic mass is 10.1. The summed E-state index contributed by atoms with van der Waals surface area (Å²) in [5.41, 5.74) is 0.283. The first-order valence-corrected chi connectivity index (χ1v) is 11.4. The first-order valence-electron chi connectivity index (χ1n) is 9.55. The van der Waals surface area contributed by atoms with E-state index in [9.17, 15) is 18.0 Å². The van der Waals surface area contributed by atoms with E-state index in [0.717, 1.165) is 18.9 Å². The van der Waals surface area contributed by atoms with Crippen LogP contribution in [0.1, 0.15) is 33.6 Å². The molecule has 0 aromatic heterocycles. The lowest BCUT2D eigenvalue weighted by Crippen LogP contribution is -2.32. The lowest BCUT2D eigenvalue weighted by molar-refractivity contribution is 0.0474. The number of ether oxygens (including phenoxy) is 3. The molecule has 0 aliphatic carbocycles. The van der Waals surface area contributed by atoms with Crippen molar-refractivity contribution in [1.82, 2.24) is 4.72 Å². The van der Waals surface area contributed by atoms with Crippen LogP contribution in [-0.4, -0.2) is 53.1 Å². The van der Waals surface area contributed by atoms with Crippen LogP contribution in [0.3, 0.4) is 0 Å². The number of carbonyl (C=O) groups is 2. The average Bonchev–Trinajstić information content (AvgIpc) is 3.30. The monoisotopic (exact) mass is 467 g/mol. The van der Waals surface area contributed by atoms with E-state index in [1.165, 1.54) is 25.3 Å². The maximum Gasteiger partial charge on any atom is 0.338 e. The van der Waals surface area contributed by atoms with Crippen LogP contribution < -0.4 is 9.46 Å². The highest BCUT2D eigenvalue weighted by Crippen LogP contribution is 2.24. The van der Waals surface area contributed by atoms with Gasteiger partial charge >= 0.3 is 5.97 Å². The fourth-order valence-corrected chi connectivity index (χ4v) is 4.61. The lowest BCUT2D eigenvalue weighted by Gasteiger charge is -2.13. The van der Waals surface area contributed by atoms with Gasteiger partial charge in [0.25, 0.3) is 0 Å². The molecule has 3 rings (SSSR count). The van der Waals surface area contributed by atoms with Crippen molar-refractivity contribution in [2.75, 3.05) is 26.9 Å². The van der Waals surface area contributed by atoms with Crippen molar-refractivity contribution >= 4 is 33.4 Å². The number of benzene rings is 2. The fraction of sp³-hybridized carbons (Fsp3) is 0.333. The molecule has 1 fully saturated rings. The summed E-state index contributed by atoms with van der Waals surface area (Å²) >= 11 is 6.05. The maximum atomic E-state index is 12.6. The van der Waals surface area contributed by atoms with Crippen LogP contribution >= 0.6 is 11.6 Å². The first-order chi connectivity index (χ1) is 14.8. The van der Waals surface area contributed by atoms with Crippen LogP contribution in [-0.2, 0) is 19.5 Å². The molecule has 166 valence electrons. The van der Waals surface area contributed by atoms with Crippen molar-refractivity contribution in [3.8, 4) is 5.75 Å². The summed E-state index contributed by atoms with van der Waals surface area (Å²) in [4.78, 5) is 24.4. The molecule has 1 saturated heterocycles. The van der Waals surface area contributed by atoms with Gasteiger partial charge in [-0.2, -0.15) is 0 Å². The Morgan fingerprint density at radius 2 is 2.00 bits per heavy atom. The average molecular weight is 468 g/mol. The van der Waals surface area contributed by atoms with E-state index >= 15 is 0 Å². The molecule has 2 aromatic rings. The van der Waals surface area contributed by atoms with Crippen molar-refractivity contribution in [3.05, 3.63) is 58.6 Å². The largest absolute Gasteiger partial charge is 0.497 e. The van der Waals surface area contributed by atoms with E-state index < -0.39 is 28.4 Å². The van der Waals surface area contributed by atoms with Crippen molar-refractivity contribution in [2.24, 2.45) is 0 Å². The van der Waals surface area contributed by atoms with Gasteiger partial charge in [-0.15, -0.1) is 0 Å². The molecule has 1 heterocycles. The van der Waals surface area contributed by atoms with E-state index in [1.807, 2.05) is 0 Å². The Balaban J connectivity index is 1.66. The summed E-state index contributed by atoms with van der Waals surface area (Å²) in [5, 5.41) is -0.0381. The fourth-order valence-electron chi connectivity index (χ4n) is 3.02. The molecule has 2 aromatic carbocycles. The van der Waals surface area contributed by atoms with Gasteiger partial charge in [-0.25, -0.2) is 17.9 Å². The zero-order valence-corrected chi connectivity index (χ0v) is 18.4. The number of ketones is 1. The number of nitrogens with one attached hydrogen (secondary N) is 1. The predicted octanol–water partition coefficient (Wildman–Crippen LogP) is 2.85. The van der Waals surface area contributed by atoms with Crippen LogP contribution in [0.5, 0.6) is 5.75 Å². The van der Waals surface area contributed by atoms with Gasteiger partial charge in [0.2, 0.25) is 10.0 Å². The van der Waals surface area contributed by atoms with Crippen LogP contribution in [0.4, 0.5) is 0 Å². The minimum absolute atomic E-state index is 0.0381. The molecule has 0 amide bonds. The molecule has 0 bridgehead atoms. The highest BCUT2D eigenvalue weighted by atomic mass is 35.5. The molecule has 31 heavy (non-hydrogen) atoms. The van der Waals surface area contributed by atoms with Crippen LogP contribution in [0, 0.1) is 0 Å². The van der Waals surface area contributed by atoms with Crippen molar-refractivity contribution in [1.29, 1.82) is 0 Å². The summed E-state index contributed by atoms with van der Waals surface area (Å²) < 4.78 is 43.2. The van der Waals surface area contributed by atoms with E-state index in [-0.39, 0.29) is 28.1 Å². The van der Waals surface area contributed by atoms with Crippen molar-refractivity contribution < 1.29 is 32.2 Å². The third-order valence-electron chi connectivity index (χ3n) is 4.71. The Hall–Kier alpha value is -2.46. The number of rotatable bonds is 9. The number of carbonyl (C=O) groups excluding carboxylic acids is 2. The van der Waals surface area contributed by atoms with Crippen molar-refractivity contribution in [2.45, 2.75) is 23.8 Å². The molecule has 1 atom stereocenters. The normalized spacial score (nSPS) is 16.1. The second-order valence-electron chi connectivity index (χ2n) is 6.86. The quantitative estimate of drug-likeness (QED) is 0.446. The van der Waals surface area contributed by atoms with Gasteiger partial charge in [0.15, 0.2) is 12.4 Å². The highest BCUT2D eigenvalue weighted by Gasteiger charge is 2.24. The van der Waals surface area contributed by atoms with Gasteiger partial charge in [0, 0.05) is 18.7 Å². The predicted molar refractivity (Wildman–Crippen MR) is 113 cm³/mol. The Kier molecular flexibility index (Phi) is 7.66. The maximum absolute atomic E-state index is 12.6. The van der Waals surface area contributed by atoms with Crippen LogP contribution in [0.25, 0.3) is 0 Å². The van der Waals surface area contributed by atoms with Gasteiger partial charge in [-0.1, -0.05) is 23.7 Å². The molecule has 1 aliphatic heterocycles. The van der Waals surface area contributed by atoms with Gasteiger partial charge in [0.1, 0.15) is 10.6 Å². The van der Waals surface area contributed by atoms with E-state index in [2.05, 4.69) is 4.72 Å². The van der Waals surface area contributed by atoms with Crippen molar-refractivity contribution in [3.63, 3.8) is 0 Å². The smallest absolute Gasteiger partial charge is 0.338 e. The molecular formula is C21H22ClNO7S. The van der Waals surface area contributed by atoms with Gasteiger partial charge in [-0.3, -0.25) is 4.79 Å². The third-order valence-corrected chi connectivity index (χ3v) is 6.61. The molecular weight excluding hydrogens is 446 g/mol. The summed E-state index contributed by atoms with van der Waals surface area (Å²) in [7, 11) is -2.49. The molecule has 10 heteroatoms. The molecule has 1 aliphatic rings. The molecule has 0 spiro atoms. The standard InChI is InChI=1S/C21H22ClNO7S/c1-28-16-5-2-4-14(10-16)19(24)13-30-21(25)15-7-8-18(22)20(11-15)31(26,27)23-12-17-6-3-9-29-17/h2,4-5,7-8,10-11,17,23H,3,6,9,12-13H2,1H3. The molecule has 0 radical (unpaired) electrons. The molecule has 1 unspecified atom stereocenters. The van der Waals surface area contributed by atoms with E-state index in [4.69, 9.17) is 25.8 Å². The highest BCUT2D eigenvalue weighted by molar-refractivity contribution is 7.89. The van der Waals surface area contributed by atoms with Gasteiger partial charge in [-0.05, 0) is 43.2 Å². The molecule has 1 N–H and O–H groups in total. The minimum atomic E-state index is -3.97. The Bertz CT molecular complexity index is 1070. The number of hydrogen-bond donors (Lipinski definition) is 1. The molecule has 0 saturated carbocycles. The number of sulfonamides is 1. The topological polar surface area (TPSA) is 108 Å². The zero-order valence-electron chi connectivity index (χ0n) is 16.8. The third kappa shape index (κ3) is 6.04. The number of halogens is 1. The number of esters is 1. The second kappa shape index (κ2) is 10.2. The minimum Gasteiger partial charge on any atom is -0.497 e. The summed E-state index contributed by atoms with van der Waals surface area (Å²) in [6, 6.07) is 10.2. The van der Waals surface area contributed by atoms with Gasteiger partial charge < -0.3 is 14.2 Å². The molecule has 8 nitrogen and oxygen atoms in total. The second-order valence-corrected chi connectivity index (χ2v) is 9.01.